The molecule has 1 N–H and O–H groups in total. The predicted molar refractivity (Wildman–Crippen MR) is 67.7 cm³/mol. The summed E-state index contributed by atoms with van der Waals surface area (Å²) in [7, 11) is 0. The minimum atomic E-state index is 0.471. The molecule has 2 aromatic heterocycles. The molecule has 2 aromatic rings. The summed E-state index contributed by atoms with van der Waals surface area (Å²) in [6.45, 7) is 5.01. The largest absolute Gasteiger partial charge is 0.337 e. The summed E-state index contributed by atoms with van der Waals surface area (Å²) in [6.07, 6.45) is 1.78. The minimum absolute atomic E-state index is 0.471. The maximum Gasteiger partial charge on any atom is 0.245 e. The average Bonchev–Trinajstić information content (AvgIpc) is 2.72. The molecule has 0 unspecified atom stereocenters. The fraction of sp³-hybridized carbons (Fsp3) is 0.455. The molecule has 0 bridgehead atoms. The molecule has 0 amide bonds. The molecule has 0 aliphatic carbocycles. The van der Waals surface area contributed by atoms with E-state index in [4.69, 9.17) is 11.6 Å². The number of hydrogen-bond acceptors (Lipinski definition) is 4. The highest BCUT2D eigenvalue weighted by molar-refractivity contribution is 6.30. The van der Waals surface area contributed by atoms with Gasteiger partial charge in [-0.3, -0.25) is 0 Å². The number of halogens is 1. The van der Waals surface area contributed by atoms with Gasteiger partial charge in [0.2, 0.25) is 5.95 Å². The van der Waals surface area contributed by atoms with E-state index in [9.17, 15) is 0 Å². The van der Waals surface area contributed by atoms with Crippen LogP contribution in [0.3, 0.4) is 0 Å². The third-order valence-electron chi connectivity index (χ3n) is 2.94. The van der Waals surface area contributed by atoms with Crippen LogP contribution in [0.15, 0.2) is 18.3 Å². The van der Waals surface area contributed by atoms with Crippen LogP contribution >= 0.6 is 11.6 Å². The van der Waals surface area contributed by atoms with Crippen LogP contribution in [0.25, 0.3) is 5.65 Å². The zero-order chi connectivity index (χ0) is 11.8. The molecule has 5 nitrogen and oxygen atoms in total. The number of pyridine rings is 1. The van der Waals surface area contributed by atoms with Gasteiger partial charge in [0.1, 0.15) is 0 Å². The molecule has 3 rings (SSSR count). The Labute approximate surface area is 104 Å². The quantitative estimate of drug-likeness (QED) is 0.827. The van der Waals surface area contributed by atoms with Crippen LogP contribution in [0, 0.1) is 0 Å². The molecule has 3 heterocycles. The highest BCUT2D eigenvalue weighted by Gasteiger charge is 2.19. The van der Waals surface area contributed by atoms with Crippen molar-refractivity contribution < 1.29 is 0 Å². The number of hydrogen-bond donors (Lipinski definition) is 1. The van der Waals surface area contributed by atoms with Crippen molar-refractivity contribution in [2.45, 2.75) is 13.0 Å². The van der Waals surface area contributed by atoms with E-state index >= 15 is 0 Å². The molecule has 1 aliphatic rings. The standard InChI is InChI=1S/C11H14ClN5/c1-8-6-16(5-4-13-8)11-14-10-3-2-9(12)7-17(10)15-11/h2-3,7-8,13H,4-6H2,1H3/t8-/m0/s1. The van der Waals surface area contributed by atoms with Gasteiger partial charge in [-0.15, -0.1) is 5.10 Å². The molecule has 0 spiro atoms. The van der Waals surface area contributed by atoms with Gasteiger partial charge in [-0.05, 0) is 19.1 Å². The number of rotatable bonds is 1. The Morgan fingerprint density at radius 3 is 3.18 bits per heavy atom. The first-order chi connectivity index (χ1) is 8.22. The van der Waals surface area contributed by atoms with Crippen molar-refractivity contribution in [1.29, 1.82) is 0 Å². The molecular weight excluding hydrogens is 238 g/mol. The zero-order valence-corrected chi connectivity index (χ0v) is 10.4. The summed E-state index contributed by atoms with van der Waals surface area (Å²) in [5.41, 5.74) is 0.829. The van der Waals surface area contributed by atoms with Gasteiger partial charge < -0.3 is 10.2 Å². The van der Waals surface area contributed by atoms with E-state index in [0.29, 0.717) is 11.1 Å². The topological polar surface area (TPSA) is 45.5 Å². The second-order valence-electron chi connectivity index (χ2n) is 4.36. The van der Waals surface area contributed by atoms with E-state index in [0.717, 1.165) is 31.2 Å². The smallest absolute Gasteiger partial charge is 0.245 e. The Morgan fingerprint density at radius 2 is 2.35 bits per heavy atom. The molecule has 1 fully saturated rings. The first-order valence-corrected chi connectivity index (χ1v) is 6.10. The number of piperazine rings is 1. The van der Waals surface area contributed by atoms with E-state index in [2.05, 4.69) is 27.2 Å². The highest BCUT2D eigenvalue weighted by atomic mass is 35.5. The summed E-state index contributed by atoms with van der Waals surface area (Å²) in [4.78, 5) is 6.70. The zero-order valence-electron chi connectivity index (χ0n) is 9.60. The van der Waals surface area contributed by atoms with Crippen LogP contribution in [0.4, 0.5) is 5.95 Å². The number of aromatic nitrogens is 3. The molecule has 17 heavy (non-hydrogen) atoms. The van der Waals surface area contributed by atoms with Crippen molar-refractivity contribution >= 4 is 23.2 Å². The summed E-state index contributed by atoms with van der Waals surface area (Å²) in [5.74, 6) is 0.778. The van der Waals surface area contributed by atoms with Crippen LogP contribution < -0.4 is 10.2 Å². The molecular formula is C11H14ClN5. The Bertz CT molecular complexity index is 538. The Balaban J connectivity index is 1.94. The van der Waals surface area contributed by atoms with Crippen LogP contribution in [-0.4, -0.2) is 40.3 Å². The Hall–Kier alpha value is -1.33. The summed E-state index contributed by atoms with van der Waals surface area (Å²) >= 11 is 5.92. The average molecular weight is 252 g/mol. The van der Waals surface area contributed by atoms with Crippen LogP contribution in [0.5, 0.6) is 0 Å². The molecule has 90 valence electrons. The molecule has 1 saturated heterocycles. The van der Waals surface area contributed by atoms with E-state index in [1.807, 2.05) is 12.1 Å². The molecule has 6 heteroatoms. The van der Waals surface area contributed by atoms with Gasteiger partial charge in [-0.25, -0.2) is 4.52 Å². The monoisotopic (exact) mass is 251 g/mol. The van der Waals surface area contributed by atoms with E-state index in [-0.39, 0.29) is 0 Å². The third kappa shape index (κ3) is 2.08. The van der Waals surface area contributed by atoms with Gasteiger partial charge in [0, 0.05) is 31.9 Å². The minimum Gasteiger partial charge on any atom is -0.337 e. The Morgan fingerprint density at radius 1 is 1.47 bits per heavy atom. The lowest BCUT2D eigenvalue weighted by atomic mass is 10.2. The first-order valence-electron chi connectivity index (χ1n) is 5.72. The normalized spacial score (nSPS) is 21.1. The van der Waals surface area contributed by atoms with Crippen molar-refractivity contribution in [3.63, 3.8) is 0 Å². The van der Waals surface area contributed by atoms with E-state index in [1.54, 1.807) is 10.7 Å². The number of fused-ring (bicyclic) bond motifs is 1. The molecule has 0 aromatic carbocycles. The van der Waals surface area contributed by atoms with Gasteiger partial charge in [0.05, 0.1) is 5.02 Å². The highest BCUT2D eigenvalue weighted by Crippen LogP contribution is 2.15. The lowest BCUT2D eigenvalue weighted by Crippen LogP contribution is -2.49. The fourth-order valence-electron chi connectivity index (χ4n) is 2.09. The molecule has 0 saturated carbocycles. The summed E-state index contributed by atoms with van der Waals surface area (Å²) < 4.78 is 1.73. The van der Waals surface area contributed by atoms with Crippen molar-refractivity contribution in [3.8, 4) is 0 Å². The van der Waals surface area contributed by atoms with Gasteiger partial charge in [-0.1, -0.05) is 11.6 Å². The van der Waals surface area contributed by atoms with Crippen molar-refractivity contribution in [2.75, 3.05) is 24.5 Å². The second-order valence-corrected chi connectivity index (χ2v) is 4.80. The SMILES string of the molecule is C[C@H]1CN(c2nc3ccc(Cl)cn3n2)CCN1. The number of nitrogens with zero attached hydrogens (tertiary/aromatic N) is 4. The molecule has 1 aliphatic heterocycles. The summed E-state index contributed by atoms with van der Waals surface area (Å²) in [5, 5.41) is 8.52. The summed E-state index contributed by atoms with van der Waals surface area (Å²) in [6, 6.07) is 4.18. The lowest BCUT2D eigenvalue weighted by Gasteiger charge is -2.30. The third-order valence-corrected chi connectivity index (χ3v) is 3.16. The van der Waals surface area contributed by atoms with Crippen molar-refractivity contribution in [3.05, 3.63) is 23.4 Å². The van der Waals surface area contributed by atoms with Crippen LogP contribution in [-0.2, 0) is 0 Å². The van der Waals surface area contributed by atoms with Gasteiger partial charge in [0.25, 0.3) is 0 Å². The number of anilines is 1. The molecule has 0 radical (unpaired) electrons. The Kier molecular flexibility index (Phi) is 2.64. The van der Waals surface area contributed by atoms with Gasteiger partial charge in [-0.2, -0.15) is 4.98 Å². The second kappa shape index (κ2) is 4.16. The maximum atomic E-state index is 5.92. The maximum absolute atomic E-state index is 5.92. The fourth-order valence-corrected chi connectivity index (χ4v) is 2.25. The van der Waals surface area contributed by atoms with Crippen molar-refractivity contribution in [2.24, 2.45) is 0 Å². The predicted octanol–water partition coefficient (Wildman–Crippen LogP) is 1.18. The van der Waals surface area contributed by atoms with Crippen LogP contribution in [0.1, 0.15) is 6.92 Å². The molecule has 1 atom stereocenters. The van der Waals surface area contributed by atoms with Crippen molar-refractivity contribution in [1.82, 2.24) is 19.9 Å². The van der Waals surface area contributed by atoms with E-state index < -0.39 is 0 Å². The lowest BCUT2D eigenvalue weighted by molar-refractivity contribution is 0.479. The van der Waals surface area contributed by atoms with Gasteiger partial charge in [0.15, 0.2) is 5.65 Å². The van der Waals surface area contributed by atoms with E-state index in [1.165, 1.54) is 0 Å². The van der Waals surface area contributed by atoms with Crippen LogP contribution in [0.2, 0.25) is 5.02 Å². The number of nitrogens with one attached hydrogen (secondary N) is 1. The van der Waals surface area contributed by atoms with Gasteiger partial charge >= 0.3 is 0 Å². The first kappa shape index (κ1) is 10.8.